The third-order valence-electron chi connectivity index (χ3n) is 5.48. The molecule has 30 heavy (non-hydrogen) atoms. The first-order valence-electron chi connectivity index (χ1n) is 10.5. The van der Waals surface area contributed by atoms with Gasteiger partial charge in [0.25, 0.3) is 0 Å². The molecule has 158 valence electrons. The van der Waals surface area contributed by atoms with Gasteiger partial charge >= 0.3 is 0 Å². The van der Waals surface area contributed by atoms with E-state index in [2.05, 4.69) is 47.1 Å². The predicted molar refractivity (Wildman–Crippen MR) is 119 cm³/mol. The van der Waals surface area contributed by atoms with Crippen molar-refractivity contribution in [2.45, 2.75) is 13.5 Å². The maximum atomic E-state index is 5.97. The van der Waals surface area contributed by atoms with E-state index in [1.165, 1.54) is 0 Å². The summed E-state index contributed by atoms with van der Waals surface area (Å²) in [5, 5.41) is 4.57. The molecule has 1 fully saturated rings. The Labute approximate surface area is 178 Å². The lowest BCUT2D eigenvalue weighted by molar-refractivity contribution is 0.132. The van der Waals surface area contributed by atoms with E-state index in [0.717, 1.165) is 55.3 Å². The molecule has 0 N–H and O–H groups in total. The zero-order chi connectivity index (χ0) is 20.8. The summed E-state index contributed by atoms with van der Waals surface area (Å²) >= 11 is 0. The fraction of sp³-hybridized carbons (Fsp3) is 0.375. The molecule has 0 bridgehead atoms. The van der Waals surface area contributed by atoms with E-state index >= 15 is 0 Å². The highest BCUT2D eigenvalue weighted by atomic mass is 16.5. The first-order chi connectivity index (χ1) is 14.7. The molecule has 0 amide bonds. The van der Waals surface area contributed by atoms with E-state index in [1.807, 2.05) is 47.3 Å². The summed E-state index contributed by atoms with van der Waals surface area (Å²) in [6.07, 6.45) is 1.93. The fourth-order valence-corrected chi connectivity index (χ4v) is 3.55. The van der Waals surface area contributed by atoms with Crippen LogP contribution in [0.2, 0.25) is 0 Å². The third-order valence-corrected chi connectivity index (χ3v) is 5.48. The van der Waals surface area contributed by atoms with Crippen LogP contribution in [0.25, 0.3) is 5.69 Å². The van der Waals surface area contributed by atoms with Crippen molar-refractivity contribution in [3.05, 3.63) is 71.9 Å². The summed E-state index contributed by atoms with van der Waals surface area (Å²) < 4.78 is 13.7. The Morgan fingerprint density at radius 3 is 2.50 bits per heavy atom. The van der Waals surface area contributed by atoms with Gasteiger partial charge in [0.15, 0.2) is 0 Å². The van der Waals surface area contributed by atoms with Gasteiger partial charge < -0.3 is 14.4 Å². The number of hydrogen-bond donors (Lipinski definition) is 0. The summed E-state index contributed by atoms with van der Waals surface area (Å²) in [6.45, 7) is 8.67. The van der Waals surface area contributed by atoms with E-state index in [1.54, 1.807) is 0 Å². The Morgan fingerprint density at radius 2 is 1.73 bits per heavy atom. The van der Waals surface area contributed by atoms with Crippen molar-refractivity contribution in [1.82, 2.24) is 19.6 Å². The quantitative estimate of drug-likeness (QED) is 0.574. The van der Waals surface area contributed by atoms with Crippen LogP contribution < -0.4 is 9.47 Å². The highest BCUT2D eigenvalue weighted by Gasteiger charge is 2.13. The second-order valence-corrected chi connectivity index (χ2v) is 7.82. The molecule has 1 aromatic heterocycles. The Balaban J connectivity index is 1.30. The van der Waals surface area contributed by atoms with Crippen molar-refractivity contribution >= 4 is 0 Å². The summed E-state index contributed by atoms with van der Waals surface area (Å²) in [7, 11) is 2.17. The molecule has 1 aliphatic heterocycles. The average Bonchev–Trinajstić information content (AvgIpc) is 3.24. The molecule has 2 heterocycles. The topological polar surface area (TPSA) is 42.8 Å². The molecular formula is C24H30N4O2. The number of rotatable bonds is 8. The van der Waals surface area contributed by atoms with Gasteiger partial charge in [0.05, 0.1) is 5.69 Å². The molecule has 0 aliphatic carbocycles. The van der Waals surface area contributed by atoms with Crippen LogP contribution in [0.3, 0.4) is 0 Å². The molecule has 3 aromatic rings. The van der Waals surface area contributed by atoms with Gasteiger partial charge in [-0.05, 0) is 43.3 Å². The molecule has 6 nitrogen and oxygen atoms in total. The molecule has 1 saturated heterocycles. The first-order valence-corrected chi connectivity index (χ1v) is 10.5. The number of likely N-dealkylation sites (N-methyl/N-ethyl adjacent to an activating group) is 1. The molecule has 6 heteroatoms. The van der Waals surface area contributed by atoms with Gasteiger partial charge in [-0.15, -0.1) is 5.10 Å². The summed E-state index contributed by atoms with van der Waals surface area (Å²) in [6, 6.07) is 18.2. The van der Waals surface area contributed by atoms with Crippen LogP contribution in [0.4, 0.5) is 0 Å². The summed E-state index contributed by atoms with van der Waals surface area (Å²) in [4.78, 5) is 4.80. The monoisotopic (exact) mass is 406 g/mol. The standard InChI is InChI=1S/C24H30N4O2/c1-20-18-22(8-9-23(20)30-19-21-6-4-3-5-7-21)28-11-10-24(25-28)29-17-16-27-14-12-26(2)13-15-27/h3-11,18H,12-17,19H2,1-2H3. The molecule has 0 atom stereocenters. The molecule has 2 aromatic carbocycles. The van der Waals surface area contributed by atoms with Crippen LogP contribution in [0, 0.1) is 6.92 Å². The van der Waals surface area contributed by atoms with Gasteiger partial charge in [0.1, 0.15) is 19.0 Å². The lowest BCUT2D eigenvalue weighted by Gasteiger charge is -2.32. The van der Waals surface area contributed by atoms with E-state index in [-0.39, 0.29) is 0 Å². The first kappa shape index (κ1) is 20.4. The summed E-state index contributed by atoms with van der Waals surface area (Å²) in [5.41, 5.74) is 3.23. The van der Waals surface area contributed by atoms with Crippen LogP contribution in [0.1, 0.15) is 11.1 Å². The van der Waals surface area contributed by atoms with Gasteiger partial charge in [-0.25, -0.2) is 4.68 Å². The highest BCUT2D eigenvalue weighted by molar-refractivity contribution is 5.43. The van der Waals surface area contributed by atoms with Crippen molar-refractivity contribution in [3.8, 4) is 17.3 Å². The maximum absolute atomic E-state index is 5.97. The number of aryl methyl sites for hydroxylation is 1. The largest absolute Gasteiger partial charge is 0.489 e. The van der Waals surface area contributed by atoms with Crippen molar-refractivity contribution < 1.29 is 9.47 Å². The second kappa shape index (κ2) is 9.78. The minimum Gasteiger partial charge on any atom is -0.489 e. The number of aromatic nitrogens is 2. The lowest BCUT2D eigenvalue weighted by Crippen LogP contribution is -2.45. The zero-order valence-electron chi connectivity index (χ0n) is 17.8. The SMILES string of the molecule is Cc1cc(-n2ccc(OCCN3CCN(C)CC3)n2)ccc1OCc1ccccc1. The normalized spacial score (nSPS) is 15.3. The van der Waals surface area contributed by atoms with E-state index in [9.17, 15) is 0 Å². The van der Waals surface area contributed by atoms with Crippen LogP contribution in [-0.2, 0) is 6.61 Å². The Bertz CT molecular complexity index is 933. The number of ether oxygens (including phenoxy) is 2. The van der Waals surface area contributed by atoms with E-state index in [4.69, 9.17) is 9.47 Å². The highest BCUT2D eigenvalue weighted by Crippen LogP contribution is 2.23. The van der Waals surface area contributed by atoms with Gasteiger partial charge in [-0.2, -0.15) is 0 Å². The molecule has 1 aliphatic rings. The number of nitrogens with zero attached hydrogens (tertiary/aromatic N) is 4. The summed E-state index contributed by atoms with van der Waals surface area (Å²) in [5.74, 6) is 1.55. The maximum Gasteiger partial charge on any atom is 0.233 e. The van der Waals surface area contributed by atoms with Gasteiger partial charge in [-0.3, -0.25) is 4.90 Å². The van der Waals surface area contributed by atoms with Gasteiger partial charge in [0.2, 0.25) is 5.88 Å². The number of benzene rings is 2. The van der Waals surface area contributed by atoms with Crippen LogP contribution in [0.5, 0.6) is 11.6 Å². The predicted octanol–water partition coefficient (Wildman–Crippen LogP) is 3.39. The number of hydrogen-bond acceptors (Lipinski definition) is 5. The van der Waals surface area contributed by atoms with E-state index < -0.39 is 0 Å². The Hall–Kier alpha value is -2.83. The molecule has 0 saturated carbocycles. The minimum absolute atomic E-state index is 0.564. The van der Waals surface area contributed by atoms with Crippen molar-refractivity contribution in [1.29, 1.82) is 0 Å². The Morgan fingerprint density at radius 1 is 0.933 bits per heavy atom. The molecular weight excluding hydrogens is 376 g/mol. The molecule has 4 rings (SSSR count). The third kappa shape index (κ3) is 5.40. The van der Waals surface area contributed by atoms with Crippen molar-refractivity contribution in [2.75, 3.05) is 46.4 Å². The minimum atomic E-state index is 0.564. The van der Waals surface area contributed by atoms with Gasteiger partial charge in [0, 0.05) is 45.0 Å². The Kier molecular flexibility index (Phi) is 6.67. The van der Waals surface area contributed by atoms with Crippen LogP contribution >= 0.6 is 0 Å². The van der Waals surface area contributed by atoms with E-state index in [0.29, 0.717) is 19.1 Å². The zero-order valence-corrected chi connectivity index (χ0v) is 17.8. The van der Waals surface area contributed by atoms with Gasteiger partial charge in [-0.1, -0.05) is 30.3 Å². The van der Waals surface area contributed by atoms with Crippen LogP contribution in [0.15, 0.2) is 60.8 Å². The van der Waals surface area contributed by atoms with Crippen LogP contribution in [-0.4, -0.2) is 66.0 Å². The smallest absolute Gasteiger partial charge is 0.233 e. The average molecular weight is 407 g/mol. The fourth-order valence-electron chi connectivity index (χ4n) is 3.55. The second-order valence-electron chi connectivity index (χ2n) is 7.82. The van der Waals surface area contributed by atoms with Crippen molar-refractivity contribution in [2.24, 2.45) is 0 Å². The molecule has 0 spiro atoms. The lowest BCUT2D eigenvalue weighted by atomic mass is 10.2. The molecule has 0 radical (unpaired) electrons. The molecule has 0 unspecified atom stereocenters. The number of piperazine rings is 1. The van der Waals surface area contributed by atoms with Crippen molar-refractivity contribution in [3.63, 3.8) is 0 Å².